The standard InChI is InChI=1S/C26H47N7/c1-10-13-14-15-24(4,5)31-22-28-21(29-23(30-22)33(16-11-2)17-12-3)27-20-18-25(6,7)32-26(8,9)19-20/h11-12,20,32H,2-3,10,13-19H2,1,4-9H3,(H2,27,28,29,30,31). The lowest BCUT2D eigenvalue weighted by molar-refractivity contribution is 0.170. The molecular formula is C26H47N7. The third kappa shape index (κ3) is 8.95. The van der Waals surface area contributed by atoms with Gasteiger partial charge < -0.3 is 20.9 Å². The monoisotopic (exact) mass is 457 g/mol. The average molecular weight is 458 g/mol. The van der Waals surface area contributed by atoms with Crippen LogP contribution in [-0.2, 0) is 0 Å². The van der Waals surface area contributed by atoms with E-state index in [1.807, 2.05) is 12.2 Å². The topological polar surface area (TPSA) is 78.0 Å². The van der Waals surface area contributed by atoms with Crippen LogP contribution in [0.5, 0.6) is 0 Å². The highest BCUT2D eigenvalue weighted by Gasteiger charge is 2.38. The van der Waals surface area contributed by atoms with Crippen LogP contribution in [0.3, 0.4) is 0 Å². The molecule has 0 aromatic carbocycles. The van der Waals surface area contributed by atoms with Crippen LogP contribution in [0.2, 0.25) is 0 Å². The van der Waals surface area contributed by atoms with Gasteiger partial charge in [0.05, 0.1) is 0 Å². The van der Waals surface area contributed by atoms with Crippen LogP contribution in [0.15, 0.2) is 25.3 Å². The molecule has 2 rings (SSSR count). The zero-order chi connectivity index (χ0) is 24.7. The van der Waals surface area contributed by atoms with Crippen molar-refractivity contribution in [1.82, 2.24) is 20.3 Å². The summed E-state index contributed by atoms with van der Waals surface area (Å²) in [6.07, 6.45) is 10.4. The molecule has 1 fully saturated rings. The van der Waals surface area contributed by atoms with Gasteiger partial charge in [0.1, 0.15) is 0 Å². The second-order valence-electron chi connectivity index (χ2n) is 11.4. The maximum absolute atomic E-state index is 4.80. The number of hydrogen-bond acceptors (Lipinski definition) is 7. The van der Waals surface area contributed by atoms with E-state index in [4.69, 9.17) is 15.0 Å². The maximum atomic E-state index is 4.80. The Bertz CT molecular complexity index is 759. The maximum Gasteiger partial charge on any atom is 0.232 e. The molecule has 7 nitrogen and oxygen atoms in total. The Hall–Kier alpha value is -2.15. The normalized spacial score (nSPS) is 17.9. The number of piperidine rings is 1. The van der Waals surface area contributed by atoms with Crippen LogP contribution < -0.4 is 20.9 Å². The van der Waals surface area contributed by atoms with Crippen molar-refractivity contribution in [3.8, 4) is 0 Å². The lowest BCUT2D eigenvalue weighted by Crippen LogP contribution is -2.60. The Balaban J connectivity index is 2.34. The van der Waals surface area contributed by atoms with E-state index in [1.54, 1.807) is 0 Å². The number of nitrogens with zero attached hydrogens (tertiary/aromatic N) is 4. The third-order valence-electron chi connectivity index (χ3n) is 5.98. The predicted molar refractivity (Wildman–Crippen MR) is 142 cm³/mol. The van der Waals surface area contributed by atoms with Gasteiger partial charge in [-0.05, 0) is 60.8 Å². The summed E-state index contributed by atoms with van der Waals surface area (Å²) < 4.78 is 0. The summed E-state index contributed by atoms with van der Waals surface area (Å²) in [6.45, 7) is 24.7. The van der Waals surface area contributed by atoms with Gasteiger partial charge in [0.15, 0.2) is 0 Å². The van der Waals surface area contributed by atoms with Crippen LogP contribution in [0, 0.1) is 0 Å². The number of unbranched alkanes of at least 4 members (excludes halogenated alkanes) is 2. The zero-order valence-electron chi connectivity index (χ0n) is 22.1. The molecule has 33 heavy (non-hydrogen) atoms. The van der Waals surface area contributed by atoms with E-state index >= 15 is 0 Å². The van der Waals surface area contributed by atoms with E-state index in [9.17, 15) is 0 Å². The molecule has 1 aromatic rings. The molecule has 3 N–H and O–H groups in total. The SMILES string of the molecule is C=CCN(CC=C)c1nc(NC2CC(C)(C)NC(C)(C)C2)nc(NC(C)(C)CCCCC)n1. The minimum atomic E-state index is -0.106. The Morgan fingerprint density at radius 3 is 2.12 bits per heavy atom. The van der Waals surface area contributed by atoms with Gasteiger partial charge in [0, 0.05) is 35.7 Å². The molecular weight excluding hydrogens is 410 g/mol. The summed E-state index contributed by atoms with van der Waals surface area (Å²) in [7, 11) is 0. The van der Waals surface area contributed by atoms with Gasteiger partial charge in [-0.1, -0.05) is 38.3 Å². The van der Waals surface area contributed by atoms with E-state index in [0.29, 0.717) is 30.9 Å². The molecule has 0 atom stereocenters. The molecule has 186 valence electrons. The average Bonchev–Trinajstić information content (AvgIpc) is 2.64. The molecule has 7 heteroatoms. The van der Waals surface area contributed by atoms with Gasteiger partial charge in [-0.15, -0.1) is 13.2 Å². The Morgan fingerprint density at radius 2 is 1.58 bits per heavy atom. The first kappa shape index (κ1) is 27.1. The lowest BCUT2D eigenvalue weighted by atomic mass is 9.80. The molecule has 0 amide bonds. The first-order valence-electron chi connectivity index (χ1n) is 12.5. The predicted octanol–water partition coefficient (Wildman–Crippen LogP) is 5.54. The van der Waals surface area contributed by atoms with Gasteiger partial charge in [0.2, 0.25) is 17.8 Å². The molecule has 1 aromatic heterocycles. The van der Waals surface area contributed by atoms with Crippen molar-refractivity contribution in [2.24, 2.45) is 0 Å². The van der Waals surface area contributed by atoms with E-state index in [0.717, 1.165) is 19.3 Å². The molecule has 0 spiro atoms. The summed E-state index contributed by atoms with van der Waals surface area (Å²) in [6, 6.07) is 0.268. The fraction of sp³-hybridized carbons (Fsp3) is 0.731. The minimum Gasteiger partial charge on any atom is -0.351 e. The second-order valence-corrected chi connectivity index (χ2v) is 11.4. The smallest absolute Gasteiger partial charge is 0.232 e. The number of hydrogen-bond donors (Lipinski definition) is 3. The summed E-state index contributed by atoms with van der Waals surface area (Å²) in [5.74, 6) is 1.85. The van der Waals surface area contributed by atoms with Crippen molar-refractivity contribution in [2.75, 3.05) is 28.6 Å². The van der Waals surface area contributed by atoms with Gasteiger partial charge in [-0.3, -0.25) is 0 Å². The third-order valence-corrected chi connectivity index (χ3v) is 5.98. The molecule has 1 saturated heterocycles. The molecule has 1 aliphatic heterocycles. The van der Waals surface area contributed by atoms with Crippen LogP contribution in [0.4, 0.5) is 17.8 Å². The van der Waals surface area contributed by atoms with E-state index < -0.39 is 0 Å². The first-order valence-corrected chi connectivity index (χ1v) is 12.5. The quantitative estimate of drug-likeness (QED) is 0.265. The van der Waals surface area contributed by atoms with E-state index in [2.05, 4.69) is 82.5 Å². The number of rotatable bonds is 13. The Morgan fingerprint density at radius 1 is 1.00 bits per heavy atom. The van der Waals surface area contributed by atoms with Gasteiger partial charge in [-0.2, -0.15) is 15.0 Å². The molecule has 1 aliphatic rings. The van der Waals surface area contributed by atoms with Crippen molar-refractivity contribution >= 4 is 17.8 Å². The van der Waals surface area contributed by atoms with Crippen LogP contribution in [0.1, 0.15) is 87.0 Å². The molecule has 0 unspecified atom stereocenters. The molecule has 0 radical (unpaired) electrons. The lowest BCUT2D eigenvalue weighted by Gasteiger charge is -2.46. The van der Waals surface area contributed by atoms with Crippen molar-refractivity contribution in [2.45, 2.75) is 110 Å². The van der Waals surface area contributed by atoms with Crippen LogP contribution in [0.25, 0.3) is 0 Å². The highest BCUT2D eigenvalue weighted by Crippen LogP contribution is 2.30. The molecule has 0 saturated carbocycles. The first-order chi connectivity index (χ1) is 15.4. The van der Waals surface area contributed by atoms with Crippen molar-refractivity contribution in [3.05, 3.63) is 25.3 Å². The summed E-state index contributed by atoms with van der Waals surface area (Å²) >= 11 is 0. The number of aromatic nitrogens is 3. The Labute approximate surface area is 202 Å². The summed E-state index contributed by atoms with van der Waals surface area (Å²) in [5, 5.41) is 10.9. The minimum absolute atomic E-state index is 0.0370. The second kappa shape index (κ2) is 11.3. The molecule has 0 aliphatic carbocycles. The van der Waals surface area contributed by atoms with Crippen LogP contribution in [-0.4, -0.2) is 50.7 Å². The van der Waals surface area contributed by atoms with Crippen molar-refractivity contribution in [1.29, 1.82) is 0 Å². The fourth-order valence-electron chi connectivity index (χ4n) is 4.97. The number of anilines is 3. The highest BCUT2D eigenvalue weighted by molar-refractivity contribution is 5.46. The molecule has 0 bridgehead atoms. The van der Waals surface area contributed by atoms with Gasteiger partial charge in [-0.25, -0.2) is 0 Å². The summed E-state index contributed by atoms with van der Waals surface area (Å²) in [5.41, 5.74) is -0.0316. The van der Waals surface area contributed by atoms with Gasteiger partial charge >= 0.3 is 0 Å². The number of nitrogens with one attached hydrogen (secondary N) is 3. The van der Waals surface area contributed by atoms with E-state index in [1.165, 1.54) is 19.3 Å². The fourth-order valence-corrected chi connectivity index (χ4v) is 4.97. The Kier molecular flexibility index (Phi) is 9.29. The molecule has 2 heterocycles. The largest absolute Gasteiger partial charge is 0.351 e. The van der Waals surface area contributed by atoms with Gasteiger partial charge in [0.25, 0.3) is 0 Å². The van der Waals surface area contributed by atoms with Crippen molar-refractivity contribution in [3.63, 3.8) is 0 Å². The van der Waals surface area contributed by atoms with E-state index in [-0.39, 0.29) is 22.7 Å². The highest BCUT2D eigenvalue weighted by atomic mass is 15.3. The summed E-state index contributed by atoms with van der Waals surface area (Å²) in [4.78, 5) is 16.4. The van der Waals surface area contributed by atoms with Crippen molar-refractivity contribution < 1.29 is 0 Å². The van der Waals surface area contributed by atoms with Crippen LogP contribution >= 0.6 is 0 Å². The zero-order valence-corrected chi connectivity index (χ0v) is 22.1.